The first-order valence-corrected chi connectivity index (χ1v) is 14.6. The summed E-state index contributed by atoms with van der Waals surface area (Å²) in [7, 11) is 1.56. The highest BCUT2D eigenvalue weighted by molar-refractivity contribution is 14.1. The summed E-state index contributed by atoms with van der Waals surface area (Å²) in [6.07, 6.45) is 1.56. The second-order valence-corrected chi connectivity index (χ2v) is 10.5. The Morgan fingerprint density at radius 3 is 2.44 bits per heavy atom. The van der Waals surface area contributed by atoms with E-state index in [9.17, 15) is 9.59 Å². The average Bonchev–Trinajstić information content (AvgIpc) is 3.04. The lowest BCUT2D eigenvalue weighted by Crippen LogP contribution is -2.18. The van der Waals surface area contributed by atoms with E-state index >= 15 is 0 Å². The molecule has 0 aliphatic heterocycles. The molecule has 0 aliphatic carbocycles. The van der Waals surface area contributed by atoms with Gasteiger partial charge in [-0.1, -0.05) is 60.7 Å². The van der Waals surface area contributed by atoms with Gasteiger partial charge in [0.25, 0.3) is 5.91 Å². The maximum absolute atomic E-state index is 13.3. The number of nitrogens with zero attached hydrogens (tertiary/aromatic N) is 2. The van der Waals surface area contributed by atoms with Gasteiger partial charge in [-0.2, -0.15) is 5.10 Å². The number of esters is 1. The Hall–Kier alpha value is -4.77. The number of nitrogens with one attached hydrogen (secondary N) is 1. The second-order valence-electron chi connectivity index (χ2n) is 9.38. The summed E-state index contributed by atoms with van der Waals surface area (Å²) < 4.78 is 17.5. The number of pyridine rings is 1. The number of amides is 1. The van der Waals surface area contributed by atoms with Gasteiger partial charge in [-0.25, -0.2) is 15.2 Å². The predicted molar refractivity (Wildman–Crippen MR) is 175 cm³/mol. The first-order chi connectivity index (χ1) is 21.0. The quantitative estimate of drug-likeness (QED) is 0.0734. The molecule has 5 rings (SSSR count). The van der Waals surface area contributed by atoms with Crippen LogP contribution in [0.2, 0.25) is 0 Å². The molecule has 0 spiro atoms. The van der Waals surface area contributed by atoms with Gasteiger partial charge in [0.05, 0.1) is 45.8 Å². The second kappa shape index (κ2) is 13.9. The number of ether oxygens (including phenoxy) is 3. The first kappa shape index (κ1) is 29.7. The van der Waals surface area contributed by atoms with E-state index in [0.29, 0.717) is 34.9 Å². The summed E-state index contributed by atoms with van der Waals surface area (Å²) in [5.74, 6) is 0.402. The summed E-state index contributed by atoms with van der Waals surface area (Å²) in [6, 6.07) is 29.8. The molecule has 0 radical (unpaired) electrons. The fourth-order valence-corrected chi connectivity index (χ4v) is 5.19. The Morgan fingerprint density at radius 2 is 1.70 bits per heavy atom. The standard InChI is InChI=1S/C34H28IN3O5/c1-3-42-34(40)25-15-13-22(14-16-25)21-43-32-28(35)17-23(18-31(32)41-2)20-36-38-33(39)27-19-30(24-9-5-4-6-10-24)37-29-12-8-7-11-26(27)29/h4-20H,3,21H2,1-2H3,(H,38,39)/b36-20-. The van der Waals surface area contributed by atoms with Gasteiger partial charge in [0.2, 0.25) is 0 Å². The Morgan fingerprint density at radius 1 is 0.953 bits per heavy atom. The van der Waals surface area contributed by atoms with Crippen molar-refractivity contribution >= 4 is 51.6 Å². The van der Waals surface area contributed by atoms with Crippen LogP contribution >= 0.6 is 22.6 Å². The number of benzene rings is 4. The number of para-hydroxylation sites is 1. The molecular weight excluding hydrogens is 657 g/mol. The van der Waals surface area contributed by atoms with Gasteiger partial charge in [0.15, 0.2) is 11.5 Å². The number of carbonyl (C=O) groups is 2. The third-order valence-electron chi connectivity index (χ3n) is 6.51. The van der Waals surface area contributed by atoms with Crippen LogP contribution in [-0.2, 0) is 11.3 Å². The number of aromatic nitrogens is 1. The minimum Gasteiger partial charge on any atom is -0.493 e. The Labute approximate surface area is 262 Å². The molecule has 0 unspecified atom stereocenters. The molecule has 0 atom stereocenters. The zero-order valence-electron chi connectivity index (χ0n) is 23.5. The van der Waals surface area contributed by atoms with Crippen LogP contribution in [0.5, 0.6) is 11.5 Å². The molecule has 9 heteroatoms. The van der Waals surface area contributed by atoms with Crippen molar-refractivity contribution in [3.05, 3.63) is 123 Å². The van der Waals surface area contributed by atoms with Crippen molar-refractivity contribution in [3.8, 4) is 22.8 Å². The largest absolute Gasteiger partial charge is 0.493 e. The fourth-order valence-electron chi connectivity index (χ4n) is 4.41. The number of hydrogen-bond acceptors (Lipinski definition) is 7. The molecule has 0 saturated heterocycles. The zero-order chi connectivity index (χ0) is 30.2. The molecule has 1 aromatic heterocycles. The maximum Gasteiger partial charge on any atom is 0.338 e. The molecule has 1 amide bonds. The van der Waals surface area contributed by atoms with Crippen LogP contribution < -0.4 is 14.9 Å². The van der Waals surface area contributed by atoms with Crippen molar-refractivity contribution < 1.29 is 23.8 Å². The van der Waals surface area contributed by atoms with Crippen LogP contribution in [0.15, 0.2) is 102 Å². The van der Waals surface area contributed by atoms with E-state index in [4.69, 9.17) is 19.2 Å². The predicted octanol–water partition coefficient (Wildman–Crippen LogP) is 7.03. The monoisotopic (exact) mass is 685 g/mol. The summed E-state index contributed by atoms with van der Waals surface area (Å²) in [6.45, 7) is 2.38. The van der Waals surface area contributed by atoms with Crippen LogP contribution in [0.4, 0.5) is 0 Å². The highest BCUT2D eigenvalue weighted by Crippen LogP contribution is 2.34. The maximum atomic E-state index is 13.3. The number of rotatable bonds is 10. The fraction of sp³-hybridized carbons (Fsp3) is 0.118. The smallest absolute Gasteiger partial charge is 0.338 e. The van der Waals surface area contributed by atoms with Crippen LogP contribution in [0.25, 0.3) is 22.2 Å². The molecule has 1 N–H and O–H groups in total. The Kier molecular flexibility index (Phi) is 9.63. The lowest BCUT2D eigenvalue weighted by Gasteiger charge is -2.14. The number of halogens is 1. The van der Waals surface area contributed by atoms with Crippen molar-refractivity contribution in [3.63, 3.8) is 0 Å². The molecule has 216 valence electrons. The van der Waals surface area contributed by atoms with Gasteiger partial charge in [-0.3, -0.25) is 4.79 Å². The third-order valence-corrected chi connectivity index (χ3v) is 7.31. The minimum absolute atomic E-state index is 0.282. The average molecular weight is 686 g/mol. The molecule has 5 aromatic rings. The van der Waals surface area contributed by atoms with E-state index in [1.165, 1.54) is 0 Å². The number of hydrogen-bond donors (Lipinski definition) is 1. The van der Waals surface area contributed by atoms with Crippen LogP contribution in [-0.4, -0.2) is 36.8 Å². The Balaban J connectivity index is 1.30. The molecule has 0 bridgehead atoms. The molecule has 8 nitrogen and oxygen atoms in total. The highest BCUT2D eigenvalue weighted by Gasteiger charge is 2.15. The van der Waals surface area contributed by atoms with Crippen LogP contribution in [0.3, 0.4) is 0 Å². The molecule has 0 saturated carbocycles. The molecule has 1 heterocycles. The van der Waals surface area contributed by atoms with Gasteiger partial charge >= 0.3 is 5.97 Å². The van der Waals surface area contributed by atoms with Gasteiger partial charge in [-0.15, -0.1) is 0 Å². The lowest BCUT2D eigenvalue weighted by molar-refractivity contribution is 0.0526. The lowest BCUT2D eigenvalue weighted by atomic mass is 10.0. The molecule has 4 aromatic carbocycles. The highest BCUT2D eigenvalue weighted by atomic mass is 127. The first-order valence-electron chi connectivity index (χ1n) is 13.5. The van der Waals surface area contributed by atoms with E-state index in [0.717, 1.165) is 31.2 Å². The van der Waals surface area contributed by atoms with Crippen molar-refractivity contribution in [2.24, 2.45) is 5.10 Å². The summed E-state index contributed by atoms with van der Waals surface area (Å²) in [5.41, 5.74) is 7.58. The van der Waals surface area contributed by atoms with E-state index in [2.05, 4.69) is 33.1 Å². The number of methoxy groups -OCH3 is 1. The number of hydrazone groups is 1. The summed E-state index contributed by atoms with van der Waals surface area (Å²) >= 11 is 2.17. The molecule has 0 aliphatic rings. The third kappa shape index (κ3) is 7.18. The molecule has 43 heavy (non-hydrogen) atoms. The molecule has 0 fully saturated rings. The van der Waals surface area contributed by atoms with Crippen molar-refractivity contribution in [2.45, 2.75) is 13.5 Å². The van der Waals surface area contributed by atoms with Gasteiger partial charge < -0.3 is 14.2 Å². The minimum atomic E-state index is -0.356. The van der Waals surface area contributed by atoms with Crippen molar-refractivity contribution in [1.82, 2.24) is 10.4 Å². The van der Waals surface area contributed by atoms with E-state index in [1.807, 2.05) is 72.8 Å². The van der Waals surface area contributed by atoms with Gasteiger partial charge in [0, 0.05) is 10.9 Å². The number of fused-ring (bicyclic) bond motifs is 1. The zero-order valence-corrected chi connectivity index (χ0v) is 25.7. The van der Waals surface area contributed by atoms with E-state index < -0.39 is 0 Å². The van der Waals surface area contributed by atoms with Gasteiger partial charge in [0.1, 0.15) is 6.61 Å². The van der Waals surface area contributed by atoms with Crippen molar-refractivity contribution in [2.75, 3.05) is 13.7 Å². The summed E-state index contributed by atoms with van der Waals surface area (Å²) in [4.78, 5) is 29.9. The van der Waals surface area contributed by atoms with E-state index in [-0.39, 0.29) is 18.5 Å². The summed E-state index contributed by atoms with van der Waals surface area (Å²) in [5, 5.41) is 4.96. The van der Waals surface area contributed by atoms with Crippen LogP contribution in [0, 0.1) is 3.57 Å². The topological polar surface area (TPSA) is 99.1 Å². The SMILES string of the molecule is CCOC(=O)c1ccc(COc2c(I)cc(/C=N\NC(=O)c3cc(-c4ccccc4)nc4ccccc34)cc2OC)cc1. The van der Waals surface area contributed by atoms with Gasteiger partial charge in [-0.05, 0) is 77.0 Å². The van der Waals surface area contributed by atoms with Crippen molar-refractivity contribution in [1.29, 1.82) is 0 Å². The Bertz CT molecular complexity index is 1790. The molecular formula is C34H28IN3O5. The van der Waals surface area contributed by atoms with E-state index in [1.54, 1.807) is 44.5 Å². The normalized spacial score (nSPS) is 11.0. The number of carbonyl (C=O) groups excluding carboxylic acids is 2. The van der Waals surface area contributed by atoms with Crippen LogP contribution in [0.1, 0.15) is 38.8 Å².